The van der Waals surface area contributed by atoms with Crippen LogP contribution in [0.25, 0.3) is 0 Å². The van der Waals surface area contributed by atoms with Gasteiger partial charge in [-0.2, -0.15) is 13.2 Å². The number of allylic oxidation sites excluding steroid dienone is 1. The van der Waals surface area contributed by atoms with Gasteiger partial charge in [0.05, 0.1) is 0 Å². The molecule has 0 atom stereocenters. The van der Waals surface area contributed by atoms with E-state index in [0.717, 1.165) is 11.1 Å². The van der Waals surface area contributed by atoms with Gasteiger partial charge in [-0.05, 0) is 25.5 Å². The standard InChI is InChI=1S/C14H14F3NO3/c1-8-3-4-10(9(2)7-8)18-13(19)11-12(14(15,16)17)21-6-5-20-11/h3-4,7H,5-6H2,1-2H3,(H,18,19). The first-order chi connectivity index (χ1) is 9.79. The maximum atomic E-state index is 12.8. The zero-order valence-electron chi connectivity index (χ0n) is 11.5. The van der Waals surface area contributed by atoms with E-state index in [9.17, 15) is 18.0 Å². The number of benzene rings is 1. The molecule has 1 N–H and O–H groups in total. The summed E-state index contributed by atoms with van der Waals surface area (Å²) in [5.74, 6) is -3.21. The molecule has 0 aromatic heterocycles. The third kappa shape index (κ3) is 3.48. The van der Waals surface area contributed by atoms with Gasteiger partial charge < -0.3 is 14.8 Å². The number of hydrogen-bond acceptors (Lipinski definition) is 3. The molecule has 0 unspecified atom stereocenters. The molecule has 0 fully saturated rings. The topological polar surface area (TPSA) is 47.6 Å². The second-order valence-electron chi connectivity index (χ2n) is 4.63. The summed E-state index contributed by atoms with van der Waals surface area (Å²) in [4.78, 5) is 12.0. The first kappa shape index (κ1) is 15.2. The lowest BCUT2D eigenvalue weighted by molar-refractivity contribution is -0.151. The van der Waals surface area contributed by atoms with Gasteiger partial charge in [-0.1, -0.05) is 17.7 Å². The van der Waals surface area contributed by atoms with Crippen LogP contribution in [0, 0.1) is 13.8 Å². The Hall–Kier alpha value is -2.18. The number of nitrogens with one attached hydrogen (secondary N) is 1. The van der Waals surface area contributed by atoms with Crippen molar-refractivity contribution in [3.8, 4) is 0 Å². The summed E-state index contributed by atoms with van der Waals surface area (Å²) in [7, 11) is 0. The Morgan fingerprint density at radius 3 is 2.48 bits per heavy atom. The van der Waals surface area contributed by atoms with Gasteiger partial charge in [0.25, 0.3) is 5.91 Å². The smallest absolute Gasteiger partial charge is 0.453 e. The average molecular weight is 301 g/mol. The molecule has 4 nitrogen and oxygen atoms in total. The van der Waals surface area contributed by atoms with E-state index >= 15 is 0 Å². The van der Waals surface area contributed by atoms with Crippen molar-refractivity contribution in [1.29, 1.82) is 0 Å². The van der Waals surface area contributed by atoms with Crippen LogP contribution in [0.5, 0.6) is 0 Å². The number of halogens is 3. The zero-order chi connectivity index (χ0) is 15.6. The van der Waals surface area contributed by atoms with E-state index in [0.29, 0.717) is 5.69 Å². The van der Waals surface area contributed by atoms with Crippen molar-refractivity contribution in [2.75, 3.05) is 18.5 Å². The van der Waals surface area contributed by atoms with Gasteiger partial charge in [-0.15, -0.1) is 0 Å². The number of anilines is 1. The van der Waals surface area contributed by atoms with E-state index in [4.69, 9.17) is 4.74 Å². The van der Waals surface area contributed by atoms with Gasteiger partial charge in [0.2, 0.25) is 11.5 Å². The van der Waals surface area contributed by atoms with E-state index in [-0.39, 0.29) is 13.2 Å². The molecular weight excluding hydrogens is 287 g/mol. The Morgan fingerprint density at radius 1 is 1.19 bits per heavy atom. The summed E-state index contributed by atoms with van der Waals surface area (Å²) in [5, 5.41) is 2.41. The number of alkyl halides is 3. The van der Waals surface area contributed by atoms with Crippen LogP contribution < -0.4 is 5.32 Å². The number of carbonyl (C=O) groups excluding carboxylic acids is 1. The minimum atomic E-state index is -4.77. The normalized spacial score (nSPS) is 15.3. The fraction of sp³-hybridized carbons (Fsp3) is 0.357. The predicted molar refractivity (Wildman–Crippen MR) is 69.5 cm³/mol. The van der Waals surface area contributed by atoms with Crippen LogP contribution in [0.4, 0.5) is 18.9 Å². The molecule has 0 aliphatic carbocycles. The molecule has 0 saturated heterocycles. The van der Waals surface area contributed by atoms with Crippen molar-refractivity contribution in [2.24, 2.45) is 0 Å². The number of rotatable bonds is 2. The van der Waals surface area contributed by atoms with Crippen LogP contribution in [0.15, 0.2) is 29.7 Å². The fourth-order valence-corrected chi connectivity index (χ4v) is 1.93. The molecule has 1 heterocycles. The Labute approximate surface area is 119 Å². The van der Waals surface area contributed by atoms with E-state index in [1.165, 1.54) is 0 Å². The monoisotopic (exact) mass is 301 g/mol. The number of ether oxygens (including phenoxy) is 2. The quantitative estimate of drug-likeness (QED) is 0.913. The molecule has 114 valence electrons. The van der Waals surface area contributed by atoms with Crippen LogP contribution >= 0.6 is 0 Å². The highest BCUT2D eigenvalue weighted by molar-refractivity contribution is 6.03. The number of hydrogen-bond donors (Lipinski definition) is 1. The average Bonchev–Trinajstić information content (AvgIpc) is 2.41. The van der Waals surface area contributed by atoms with Gasteiger partial charge in [-0.25, -0.2) is 0 Å². The van der Waals surface area contributed by atoms with Crippen molar-refractivity contribution in [3.63, 3.8) is 0 Å². The molecular formula is C14H14F3NO3. The zero-order valence-corrected chi connectivity index (χ0v) is 11.5. The van der Waals surface area contributed by atoms with Crippen LogP contribution in [0.2, 0.25) is 0 Å². The summed E-state index contributed by atoms with van der Waals surface area (Å²) >= 11 is 0. The molecule has 1 aromatic carbocycles. The van der Waals surface area contributed by atoms with Crippen molar-refractivity contribution < 1.29 is 27.4 Å². The molecule has 1 aliphatic rings. The molecule has 0 saturated carbocycles. The van der Waals surface area contributed by atoms with Gasteiger partial charge in [0, 0.05) is 5.69 Å². The van der Waals surface area contributed by atoms with Gasteiger partial charge in [-0.3, -0.25) is 4.79 Å². The summed E-state index contributed by atoms with van der Waals surface area (Å²) in [6.07, 6.45) is -4.77. The Bertz CT molecular complexity index is 594. The van der Waals surface area contributed by atoms with Crippen molar-refractivity contribution >= 4 is 11.6 Å². The maximum absolute atomic E-state index is 12.8. The van der Waals surface area contributed by atoms with Gasteiger partial charge in [0.15, 0.2) is 0 Å². The Kier molecular flexibility index (Phi) is 4.11. The molecule has 0 bridgehead atoms. The van der Waals surface area contributed by atoms with E-state index in [1.807, 2.05) is 13.0 Å². The largest absolute Gasteiger partial charge is 0.483 e. The number of amides is 1. The third-order valence-electron chi connectivity index (χ3n) is 2.88. The first-order valence-corrected chi connectivity index (χ1v) is 6.24. The third-order valence-corrected chi connectivity index (χ3v) is 2.88. The maximum Gasteiger partial charge on any atom is 0.453 e. The summed E-state index contributed by atoms with van der Waals surface area (Å²) in [6, 6.07) is 5.19. The minimum absolute atomic E-state index is 0.102. The van der Waals surface area contributed by atoms with Crippen LogP contribution in [-0.2, 0) is 14.3 Å². The molecule has 1 aromatic rings. The van der Waals surface area contributed by atoms with Gasteiger partial charge in [0.1, 0.15) is 13.2 Å². The lowest BCUT2D eigenvalue weighted by Crippen LogP contribution is -2.30. The summed E-state index contributed by atoms with van der Waals surface area (Å²) in [5.41, 5.74) is 2.15. The molecule has 7 heteroatoms. The second kappa shape index (κ2) is 5.67. The summed E-state index contributed by atoms with van der Waals surface area (Å²) in [6.45, 7) is 3.28. The van der Waals surface area contributed by atoms with E-state index in [2.05, 4.69) is 10.1 Å². The molecule has 21 heavy (non-hydrogen) atoms. The summed E-state index contributed by atoms with van der Waals surface area (Å²) < 4.78 is 47.7. The highest BCUT2D eigenvalue weighted by Gasteiger charge is 2.43. The Balaban J connectivity index is 2.27. The molecule has 1 aliphatic heterocycles. The fourth-order valence-electron chi connectivity index (χ4n) is 1.93. The van der Waals surface area contributed by atoms with Gasteiger partial charge >= 0.3 is 6.18 Å². The Morgan fingerprint density at radius 2 is 1.86 bits per heavy atom. The highest BCUT2D eigenvalue weighted by Crippen LogP contribution is 2.32. The highest BCUT2D eigenvalue weighted by atomic mass is 19.4. The van der Waals surface area contributed by atoms with Crippen LogP contribution in [0.3, 0.4) is 0 Å². The number of aryl methyl sites for hydroxylation is 2. The second-order valence-corrected chi connectivity index (χ2v) is 4.63. The van der Waals surface area contributed by atoms with Crippen molar-refractivity contribution in [2.45, 2.75) is 20.0 Å². The lowest BCUT2D eigenvalue weighted by atomic mass is 10.1. The minimum Gasteiger partial charge on any atom is -0.483 e. The van der Waals surface area contributed by atoms with Crippen LogP contribution in [0.1, 0.15) is 11.1 Å². The molecule has 0 radical (unpaired) electrons. The van der Waals surface area contributed by atoms with E-state index < -0.39 is 23.6 Å². The van der Waals surface area contributed by atoms with Crippen molar-refractivity contribution in [1.82, 2.24) is 0 Å². The predicted octanol–water partition coefficient (Wildman–Crippen LogP) is 3.06. The molecule has 0 spiro atoms. The molecule has 2 rings (SSSR count). The SMILES string of the molecule is Cc1ccc(NC(=O)C2=C(C(F)(F)F)OCCO2)c(C)c1. The first-order valence-electron chi connectivity index (χ1n) is 6.24. The molecule has 1 amide bonds. The van der Waals surface area contributed by atoms with Crippen molar-refractivity contribution in [3.05, 3.63) is 40.8 Å². The van der Waals surface area contributed by atoms with E-state index in [1.54, 1.807) is 19.1 Å². The van der Waals surface area contributed by atoms with Crippen LogP contribution in [-0.4, -0.2) is 25.3 Å². The number of carbonyl (C=O) groups is 1. The lowest BCUT2D eigenvalue weighted by Gasteiger charge is -2.23.